The molecule has 0 aromatic heterocycles. The fraction of sp³-hybridized carbons (Fsp3) is 0.923. The Labute approximate surface area is 151 Å². The summed E-state index contributed by atoms with van der Waals surface area (Å²) in [6.45, 7) is 5.40. The zero-order valence-corrected chi connectivity index (χ0v) is 16.6. The van der Waals surface area contributed by atoms with Crippen LogP contribution < -0.4 is 10.0 Å². The third-order valence-corrected chi connectivity index (χ3v) is 4.83. The van der Waals surface area contributed by atoms with Gasteiger partial charge in [0.25, 0.3) is 0 Å². The molecule has 2 aliphatic rings. The molecule has 2 aliphatic heterocycles. The van der Waals surface area contributed by atoms with Crippen molar-refractivity contribution in [3.63, 3.8) is 0 Å². The van der Waals surface area contributed by atoms with Gasteiger partial charge in [-0.2, -0.15) is 0 Å². The largest absolute Gasteiger partial charge is 0.355 e. The SMILES string of the molecule is CN=C(NCCNS(C)(=O)=O)N1CCC(N2CCCC2)C1.I. The van der Waals surface area contributed by atoms with Crippen LogP contribution in [0.2, 0.25) is 0 Å². The quantitative estimate of drug-likeness (QED) is 0.268. The fourth-order valence-corrected chi connectivity index (χ4v) is 3.55. The lowest BCUT2D eigenvalue weighted by molar-refractivity contribution is 0.249. The van der Waals surface area contributed by atoms with Gasteiger partial charge >= 0.3 is 0 Å². The van der Waals surface area contributed by atoms with Crippen LogP contribution in [0.5, 0.6) is 0 Å². The fourth-order valence-electron chi connectivity index (χ4n) is 3.08. The number of aliphatic imine (C=N–C) groups is 1. The van der Waals surface area contributed by atoms with E-state index in [0.29, 0.717) is 19.1 Å². The lowest BCUT2D eigenvalue weighted by Crippen LogP contribution is -2.44. The van der Waals surface area contributed by atoms with Gasteiger partial charge in [0.15, 0.2) is 5.96 Å². The molecular weight excluding hydrogens is 417 g/mol. The Hall–Kier alpha value is -0.130. The molecule has 0 aliphatic carbocycles. The summed E-state index contributed by atoms with van der Waals surface area (Å²) in [5, 5.41) is 3.23. The van der Waals surface area contributed by atoms with Crippen molar-refractivity contribution in [2.45, 2.75) is 25.3 Å². The van der Waals surface area contributed by atoms with Crippen molar-refractivity contribution in [1.82, 2.24) is 19.8 Å². The zero-order chi connectivity index (χ0) is 15.3. The van der Waals surface area contributed by atoms with Crippen LogP contribution in [0.3, 0.4) is 0 Å². The highest BCUT2D eigenvalue weighted by Crippen LogP contribution is 2.20. The highest BCUT2D eigenvalue weighted by atomic mass is 127. The molecule has 9 heteroatoms. The minimum Gasteiger partial charge on any atom is -0.355 e. The van der Waals surface area contributed by atoms with Crippen LogP contribution in [0.15, 0.2) is 4.99 Å². The van der Waals surface area contributed by atoms with Crippen LogP contribution in [0, 0.1) is 0 Å². The monoisotopic (exact) mass is 445 g/mol. The molecule has 2 rings (SSSR count). The first kappa shape index (κ1) is 19.9. The highest BCUT2D eigenvalue weighted by Gasteiger charge is 2.30. The average molecular weight is 445 g/mol. The molecule has 0 amide bonds. The van der Waals surface area contributed by atoms with Gasteiger partial charge in [0.05, 0.1) is 6.26 Å². The summed E-state index contributed by atoms with van der Waals surface area (Å²) in [4.78, 5) is 9.15. The van der Waals surface area contributed by atoms with Crippen molar-refractivity contribution in [1.29, 1.82) is 0 Å². The number of rotatable bonds is 5. The van der Waals surface area contributed by atoms with Crippen molar-refractivity contribution >= 4 is 40.0 Å². The molecular formula is C13H28IN5O2S. The van der Waals surface area contributed by atoms with E-state index in [-0.39, 0.29) is 24.0 Å². The van der Waals surface area contributed by atoms with Crippen LogP contribution in [-0.4, -0.2) is 82.8 Å². The van der Waals surface area contributed by atoms with Gasteiger partial charge in [-0.25, -0.2) is 13.1 Å². The molecule has 0 saturated carbocycles. The molecule has 22 heavy (non-hydrogen) atoms. The third kappa shape index (κ3) is 6.17. The predicted molar refractivity (Wildman–Crippen MR) is 100 cm³/mol. The van der Waals surface area contributed by atoms with E-state index < -0.39 is 10.0 Å². The molecule has 0 aromatic rings. The summed E-state index contributed by atoms with van der Waals surface area (Å²) < 4.78 is 24.5. The van der Waals surface area contributed by atoms with Gasteiger partial charge in [-0.1, -0.05) is 0 Å². The molecule has 1 unspecified atom stereocenters. The van der Waals surface area contributed by atoms with Crippen molar-refractivity contribution in [2.24, 2.45) is 4.99 Å². The maximum atomic E-state index is 11.0. The van der Waals surface area contributed by atoms with Gasteiger partial charge < -0.3 is 10.2 Å². The standard InChI is InChI=1S/C13H27N5O2S.HI/c1-14-13(15-6-7-16-21(2,19)20)18-10-5-12(11-18)17-8-3-4-9-17;/h12,16H,3-11H2,1-2H3,(H,14,15);1H. The summed E-state index contributed by atoms with van der Waals surface area (Å²) in [5.41, 5.74) is 0. The Bertz CT molecular complexity index is 465. The van der Waals surface area contributed by atoms with E-state index >= 15 is 0 Å². The van der Waals surface area contributed by atoms with E-state index in [1.807, 2.05) is 0 Å². The molecule has 7 nitrogen and oxygen atoms in total. The molecule has 0 aromatic carbocycles. The summed E-state index contributed by atoms with van der Waals surface area (Å²) in [7, 11) is -1.34. The van der Waals surface area contributed by atoms with Gasteiger partial charge in [0.2, 0.25) is 10.0 Å². The number of nitrogens with zero attached hydrogens (tertiary/aromatic N) is 3. The van der Waals surface area contributed by atoms with Crippen molar-refractivity contribution < 1.29 is 8.42 Å². The predicted octanol–water partition coefficient (Wildman–Crippen LogP) is -0.101. The van der Waals surface area contributed by atoms with Gasteiger partial charge in [0, 0.05) is 39.3 Å². The van der Waals surface area contributed by atoms with Crippen LogP contribution in [-0.2, 0) is 10.0 Å². The molecule has 0 spiro atoms. The number of sulfonamides is 1. The van der Waals surface area contributed by atoms with E-state index in [1.165, 1.54) is 38.6 Å². The van der Waals surface area contributed by atoms with E-state index in [4.69, 9.17) is 0 Å². The lowest BCUT2D eigenvalue weighted by Gasteiger charge is -2.25. The van der Waals surface area contributed by atoms with E-state index in [9.17, 15) is 8.42 Å². The molecule has 2 heterocycles. The number of halogens is 1. The van der Waals surface area contributed by atoms with Crippen LogP contribution >= 0.6 is 24.0 Å². The molecule has 1 atom stereocenters. The Morgan fingerprint density at radius 3 is 2.50 bits per heavy atom. The molecule has 2 saturated heterocycles. The van der Waals surface area contributed by atoms with Crippen molar-refractivity contribution in [3.8, 4) is 0 Å². The molecule has 2 fully saturated rings. The van der Waals surface area contributed by atoms with Crippen LogP contribution in [0.4, 0.5) is 0 Å². The second kappa shape index (κ2) is 9.24. The molecule has 0 radical (unpaired) electrons. The normalized spacial score (nSPS) is 23.6. The van der Waals surface area contributed by atoms with Crippen molar-refractivity contribution in [2.75, 3.05) is 52.6 Å². The maximum Gasteiger partial charge on any atom is 0.208 e. The van der Waals surface area contributed by atoms with Gasteiger partial charge in [-0.05, 0) is 32.4 Å². The Morgan fingerprint density at radius 1 is 1.23 bits per heavy atom. The first-order chi connectivity index (χ1) is 9.99. The second-order valence-corrected chi connectivity index (χ2v) is 7.61. The van der Waals surface area contributed by atoms with E-state index in [1.54, 1.807) is 7.05 Å². The number of hydrogen-bond acceptors (Lipinski definition) is 4. The average Bonchev–Trinajstić information content (AvgIpc) is 3.08. The maximum absolute atomic E-state index is 11.0. The summed E-state index contributed by atoms with van der Waals surface area (Å²) in [6, 6.07) is 0.639. The summed E-state index contributed by atoms with van der Waals surface area (Å²) >= 11 is 0. The third-order valence-electron chi connectivity index (χ3n) is 4.10. The molecule has 0 bridgehead atoms. The minimum atomic E-state index is -3.12. The molecule has 2 N–H and O–H groups in total. The first-order valence-electron chi connectivity index (χ1n) is 7.64. The Kier molecular flexibility index (Phi) is 8.36. The summed E-state index contributed by atoms with van der Waals surface area (Å²) in [5.74, 6) is 0.868. The molecule has 130 valence electrons. The van der Waals surface area contributed by atoms with Crippen LogP contribution in [0.1, 0.15) is 19.3 Å². The van der Waals surface area contributed by atoms with Gasteiger partial charge in [0.1, 0.15) is 0 Å². The second-order valence-electron chi connectivity index (χ2n) is 5.77. The number of guanidine groups is 1. The van der Waals surface area contributed by atoms with Gasteiger partial charge in [-0.15, -0.1) is 24.0 Å². The topological polar surface area (TPSA) is 77.0 Å². The number of nitrogens with one attached hydrogen (secondary N) is 2. The van der Waals surface area contributed by atoms with Gasteiger partial charge in [-0.3, -0.25) is 9.89 Å². The minimum absolute atomic E-state index is 0. The Morgan fingerprint density at radius 2 is 1.91 bits per heavy atom. The summed E-state index contributed by atoms with van der Waals surface area (Å²) in [6.07, 6.45) is 4.99. The van der Waals surface area contributed by atoms with E-state index in [0.717, 1.165) is 19.0 Å². The first-order valence-corrected chi connectivity index (χ1v) is 9.53. The van der Waals surface area contributed by atoms with Crippen LogP contribution in [0.25, 0.3) is 0 Å². The van der Waals surface area contributed by atoms with Crippen molar-refractivity contribution in [3.05, 3.63) is 0 Å². The van der Waals surface area contributed by atoms with E-state index in [2.05, 4.69) is 24.8 Å². The number of likely N-dealkylation sites (tertiary alicyclic amines) is 2. The smallest absolute Gasteiger partial charge is 0.208 e. The lowest BCUT2D eigenvalue weighted by atomic mass is 10.2. The number of hydrogen-bond donors (Lipinski definition) is 2. The zero-order valence-electron chi connectivity index (χ0n) is 13.4. The highest BCUT2D eigenvalue weighted by molar-refractivity contribution is 14.0. The Balaban J connectivity index is 0.00000242.